The number of nitrogens with one attached hydrogen (secondary N) is 1. The summed E-state index contributed by atoms with van der Waals surface area (Å²) in [6.45, 7) is 0. The van der Waals surface area contributed by atoms with Crippen LogP contribution in [0.25, 0.3) is 218 Å². The van der Waals surface area contributed by atoms with Gasteiger partial charge in [-0.1, -0.05) is 264 Å². The van der Waals surface area contributed by atoms with E-state index in [2.05, 4.69) is 359 Å². The van der Waals surface area contributed by atoms with Gasteiger partial charge in [0.05, 0.1) is 55.4 Å². The van der Waals surface area contributed by atoms with Gasteiger partial charge in [0.1, 0.15) is 4.88 Å². The van der Waals surface area contributed by atoms with Gasteiger partial charge in [0.25, 0.3) is 0 Å². The van der Waals surface area contributed by atoms with E-state index < -0.39 is 0 Å². The van der Waals surface area contributed by atoms with Gasteiger partial charge in [-0.05, 0) is 140 Å². The van der Waals surface area contributed by atoms with Gasteiger partial charge in [-0.3, -0.25) is 0 Å². The Morgan fingerprint density at radius 2 is 0.817 bits per heavy atom. The van der Waals surface area contributed by atoms with E-state index in [4.69, 9.17) is 19.9 Å². The third-order valence-electron chi connectivity index (χ3n) is 21.8. The van der Waals surface area contributed by atoms with Gasteiger partial charge >= 0.3 is 0 Å². The Kier molecular flexibility index (Phi) is 14.7. The fourth-order valence-corrected chi connectivity index (χ4v) is 19.4. The van der Waals surface area contributed by atoms with Gasteiger partial charge in [-0.25, -0.2) is 19.9 Å². The molecule has 0 aliphatic heterocycles. The van der Waals surface area contributed by atoms with Crippen molar-refractivity contribution in [3.05, 3.63) is 361 Å². The van der Waals surface area contributed by atoms with E-state index in [0.717, 1.165) is 88.0 Å². The maximum absolute atomic E-state index is 5.36. The summed E-state index contributed by atoms with van der Waals surface area (Å²) in [5.74, 6) is 1.45. The van der Waals surface area contributed by atoms with Crippen molar-refractivity contribution >= 4 is 194 Å². The predicted molar refractivity (Wildman–Crippen MR) is 467 cm³/mol. The number of aromatic amines is 1. The Hall–Kier alpha value is -13.4. The maximum atomic E-state index is 5.36. The Balaban J connectivity index is 0.000000112. The molecule has 506 valence electrons. The van der Waals surface area contributed by atoms with Crippen molar-refractivity contribution in [1.82, 2.24) is 29.5 Å². The smallest absolute Gasteiger partial charge is 0.160 e. The quantitative estimate of drug-likeness (QED) is 0.138. The monoisotopic (exact) mass is 1490 g/mol. The summed E-state index contributed by atoms with van der Waals surface area (Å²) < 4.78 is 7.40. The molecule has 0 amide bonds. The number of para-hydroxylation sites is 2. The van der Waals surface area contributed by atoms with Crippen molar-refractivity contribution < 1.29 is 0 Å². The predicted octanol–water partition coefficient (Wildman–Crippen LogP) is 28.3. The Labute approximate surface area is 641 Å². The second kappa shape index (κ2) is 25.4. The maximum Gasteiger partial charge on any atom is 0.160 e. The van der Waals surface area contributed by atoms with E-state index in [9.17, 15) is 0 Å². The molecule has 17 aromatic carbocycles. The number of benzene rings is 17. The van der Waals surface area contributed by atoms with Crippen LogP contribution in [-0.4, -0.2) is 29.5 Å². The third kappa shape index (κ3) is 10.3. The highest BCUT2D eigenvalue weighted by Crippen LogP contribution is 2.48. The zero-order valence-electron chi connectivity index (χ0n) is 58.3. The zero-order chi connectivity index (χ0) is 71.8. The molecule has 6 aromatic heterocycles. The van der Waals surface area contributed by atoms with Crippen LogP contribution in [0, 0.1) is 6.08 Å². The topological polar surface area (TPSA) is 72.3 Å². The first-order valence-electron chi connectivity index (χ1n) is 36.6. The highest BCUT2D eigenvalue weighted by atomic mass is 79.9. The second-order valence-electron chi connectivity index (χ2n) is 27.9. The number of rotatable bonds is 5. The molecule has 1 aliphatic rings. The van der Waals surface area contributed by atoms with Crippen LogP contribution in [0.15, 0.2) is 344 Å². The molecule has 0 unspecified atom stereocenters. The minimum atomic E-state index is 0.717. The SMILES string of the molecule is Brc1ccc(-c2nc(-c3ccccc3)c3c4ccccc4c4ccccc4c3n2)cc1.[C+]1=Cc2sc3cc4[nH]c5ccccc5c4cc3c2-c2ccccc21.c1ccc(-c2nc(-c3ccc(-n4c5ccccc5c5cc6c(cc54)sc4ccc5ccccc5c46)cc3)nc3c4ccccc4c4ccccc4c23)cc1. The molecule has 6 heterocycles. The van der Waals surface area contributed by atoms with Crippen LogP contribution in [0.5, 0.6) is 0 Å². The minimum Gasteiger partial charge on any atom is -0.354 e. The van der Waals surface area contributed by atoms with Gasteiger partial charge in [0, 0.05) is 124 Å². The molecular formula is C100H58BrN6S2+. The molecule has 24 rings (SSSR count). The van der Waals surface area contributed by atoms with Crippen molar-refractivity contribution in [3.63, 3.8) is 0 Å². The molecule has 0 bridgehead atoms. The average Bonchev–Trinajstić information content (AvgIpc) is 1.69. The molecule has 9 heteroatoms. The summed E-state index contributed by atoms with van der Waals surface area (Å²) in [5.41, 5.74) is 17.8. The van der Waals surface area contributed by atoms with Crippen LogP contribution in [0.1, 0.15) is 10.4 Å². The van der Waals surface area contributed by atoms with Gasteiger partial charge in [-0.15, -0.1) is 11.3 Å². The minimum absolute atomic E-state index is 0.717. The van der Waals surface area contributed by atoms with E-state index >= 15 is 0 Å². The number of thiophene rings is 2. The van der Waals surface area contributed by atoms with E-state index in [1.165, 1.54) is 139 Å². The number of hydrogen-bond donors (Lipinski definition) is 1. The van der Waals surface area contributed by atoms with Gasteiger partial charge in [0.15, 0.2) is 17.2 Å². The molecular weight excluding hydrogens is 1430 g/mol. The summed E-state index contributed by atoms with van der Waals surface area (Å²) in [7, 11) is 0. The van der Waals surface area contributed by atoms with Crippen LogP contribution in [-0.2, 0) is 0 Å². The van der Waals surface area contributed by atoms with Crippen LogP contribution >= 0.6 is 38.6 Å². The molecule has 6 nitrogen and oxygen atoms in total. The molecule has 0 atom stereocenters. The van der Waals surface area contributed by atoms with Crippen molar-refractivity contribution in [1.29, 1.82) is 0 Å². The van der Waals surface area contributed by atoms with E-state index in [1.807, 2.05) is 40.9 Å². The number of nitrogens with zero attached hydrogens (tertiary/aromatic N) is 5. The Bertz CT molecular complexity index is 7730. The normalized spacial score (nSPS) is 12.0. The molecule has 23 aromatic rings. The lowest BCUT2D eigenvalue weighted by Crippen LogP contribution is -1.98. The van der Waals surface area contributed by atoms with Crippen LogP contribution < -0.4 is 0 Å². The summed E-state index contributed by atoms with van der Waals surface area (Å²) >= 11 is 7.25. The lowest BCUT2D eigenvalue weighted by molar-refractivity contribution is 1.18. The highest BCUT2D eigenvalue weighted by molar-refractivity contribution is 9.10. The highest BCUT2D eigenvalue weighted by Gasteiger charge is 2.27. The first-order valence-corrected chi connectivity index (χ1v) is 39.0. The summed E-state index contributed by atoms with van der Waals surface area (Å²) in [6.07, 6.45) is 5.56. The molecule has 1 N–H and O–H groups in total. The van der Waals surface area contributed by atoms with Gasteiger partial charge < -0.3 is 9.55 Å². The number of hydrogen-bond acceptors (Lipinski definition) is 6. The Morgan fingerprint density at radius 1 is 0.312 bits per heavy atom. The average molecular weight is 1490 g/mol. The Morgan fingerprint density at radius 3 is 1.46 bits per heavy atom. The van der Waals surface area contributed by atoms with E-state index in [-0.39, 0.29) is 0 Å². The van der Waals surface area contributed by atoms with Crippen LogP contribution in [0.2, 0.25) is 0 Å². The largest absolute Gasteiger partial charge is 0.354 e. The third-order valence-corrected chi connectivity index (χ3v) is 24.5. The fraction of sp³-hybridized carbons (Fsp3) is 0. The number of H-pyrrole nitrogens is 1. The number of fused-ring (bicyclic) bond motifs is 28. The molecule has 109 heavy (non-hydrogen) atoms. The van der Waals surface area contributed by atoms with Crippen molar-refractivity contribution in [3.8, 4) is 62.1 Å². The first-order chi connectivity index (χ1) is 54.0. The van der Waals surface area contributed by atoms with Gasteiger partial charge in [-0.2, -0.15) is 0 Å². The molecule has 0 spiro atoms. The fourth-order valence-electron chi connectivity index (χ4n) is 16.9. The second-order valence-corrected chi connectivity index (χ2v) is 31.0. The van der Waals surface area contributed by atoms with Gasteiger partial charge in [0.2, 0.25) is 0 Å². The lowest BCUT2D eigenvalue weighted by Gasteiger charge is -2.15. The summed E-state index contributed by atoms with van der Waals surface area (Å²) in [4.78, 5) is 25.8. The van der Waals surface area contributed by atoms with E-state index in [1.54, 1.807) is 0 Å². The van der Waals surface area contributed by atoms with Crippen molar-refractivity contribution in [2.75, 3.05) is 0 Å². The lowest BCUT2D eigenvalue weighted by atomic mass is 9.92. The van der Waals surface area contributed by atoms with Crippen molar-refractivity contribution in [2.24, 2.45) is 0 Å². The molecule has 1 aliphatic carbocycles. The molecule has 0 radical (unpaired) electrons. The number of aromatic nitrogens is 6. The molecule has 0 saturated heterocycles. The van der Waals surface area contributed by atoms with Crippen LogP contribution in [0.3, 0.4) is 0 Å². The summed E-state index contributed by atoms with van der Waals surface area (Å²) in [5, 5.41) is 23.4. The summed E-state index contributed by atoms with van der Waals surface area (Å²) in [6, 6.07) is 121. The van der Waals surface area contributed by atoms with E-state index in [0.29, 0.717) is 0 Å². The number of halogens is 1. The molecule has 0 saturated carbocycles. The van der Waals surface area contributed by atoms with Crippen molar-refractivity contribution in [2.45, 2.75) is 0 Å². The zero-order valence-corrected chi connectivity index (χ0v) is 61.6. The molecule has 0 fully saturated rings. The first kappa shape index (κ1) is 63.0. The van der Waals surface area contributed by atoms with Crippen LogP contribution in [0.4, 0.5) is 0 Å². The standard InChI is InChI=1S/C50H29N3S.C28H17BrN2.C22H12NS/c1-2-13-31(14-3-1)48-47-38-19-8-6-16-35(38)36-17-7-9-20-39(36)49(47)52-50(51-48)32-22-25-33(26-23-32)53-42-21-11-10-18-37(42)40-28-41-45(29-43(40)53)54-44-27-24-30-12-4-5-15-34(30)46(41)44;29-20-16-14-19(15-17-20)28-30-26(18-8-2-1-3-9-18)25-23-12-6-4-10-21(23)22-11-5-7-13-24(22)27(25)31-28;1-2-6-14-13(5-1)9-10-20-22(14)17-11-16-15-7-3-4-8-18(15)23-19(16)12-21(17)24-20/h1-29H;1-17H;1-8,10-12,23H/q;;+1.